The fourth-order valence-electron chi connectivity index (χ4n) is 5.78. The molecule has 0 radical (unpaired) electrons. The Hall–Kier alpha value is -3.42. The minimum Gasteiger partial charge on any atom is -0.511 e. The second-order valence-corrected chi connectivity index (χ2v) is 12.3. The number of rotatable bonds is 10. The average Bonchev–Trinajstić information content (AvgIpc) is 3.72. The third kappa shape index (κ3) is 5.94. The summed E-state index contributed by atoms with van der Waals surface area (Å²) in [6, 6.07) is 22.6. The lowest BCUT2D eigenvalue weighted by Crippen LogP contribution is -2.40. The number of nitrogens with two attached hydrogens (primary N) is 1. The molecule has 1 unspecified atom stereocenters. The molecule has 0 aromatic heterocycles. The maximum absolute atomic E-state index is 13.6. The number of aryl methyl sites for hydroxylation is 1. The first-order valence-corrected chi connectivity index (χ1v) is 15.2. The number of aliphatic hydroxyl groups is 1. The number of sulfonamides is 1. The minimum absolute atomic E-state index is 0.0894. The van der Waals surface area contributed by atoms with E-state index in [4.69, 9.17) is 9.88 Å². The van der Waals surface area contributed by atoms with Crippen molar-refractivity contribution in [3.05, 3.63) is 95.2 Å². The van der Waals surface area contributed by atoms with Gasteiger partial charge in [0.1, 0.15) is 16.9 Å². The van der Waals surface area contributed by atoms with Crippen LogP contribution in [0.1, 0.15) is 62.1 Å². The van der Waals surface area contributed by atoms with Crippen molar-refractivity contribution in [2.75, 3.05) is 0 Å². The van der Waals surface area contributed by atoms with E-state index in [1.807, 2.05) is 73.7 Å². The molecule has 1 aliphatic heterocycles. The summed E-state index contributed by atoms with van der Waals surface area (Å²) in [5, 5.41) is 17.2. The molecule has 7 heteroatoms. The molecule has 0 amide bonds. The number of aliphatic hydroxyl groups excluding tert-OH is 1. The zero-order valence-electron chi connectivity index (χ0n) is 22.2. The molecule has 2 aliphatic rings. The summed E-state index contributed by atoms with van der Waals surface area (Å²) in [6.07, 6.45) is 5.62. The van der Waals surface area contributed by atoms with Crippen LogP contribution in [0, 0.1) is 5.92 Å². The molecule has 1 fully saturated rings. The monoisotopic (exact) mass is 545 g/mol. The van der Waals surface area contributed by atoms with Crippen molar-refractivity contribution >= 4 is 21.6 Å². The first-order valence-electron chi connectivity index (χ1n) is 13.6. The van der Waals surface area contributed by atoms with E-state index in [1.165, 1.54) is 0 Å². The van der Waals surface area contributed by atoms with Gasteiger partial charge < -0.3 is 9.84 Å². The van der Waals surface area contributed by atoms with Crippen molar-refractivity contribution in [2.45, 2.75) is 68.8 Å². The van der Waals surface area contributed by atoms with Crippen molar-refractivity contribution in [3.8, 4) is 11.1 Å². The SMILES string of the molecule is CCCC1(CCc2ccccc2)CC(O)=C(c2ccc(CC3CC3)c(-c3ccccc3)c2S(N)(=O)=O)C(=O)O1. The molecule has 0 saturated heterocycles. The summed E-state index contributed by atoms with van der Waals surface area (Å²) < 4.78 is 32.4. The number of hydrogen-bond acceptors (Lipinski definition) is 5. The van der Waals surface area contributed by atoms with Gasteiger partial charge in [-0.05, 0) is 61.1 Å². The molecular weight excluding hydrogens is 510 g/mol. The zero-order valence-corrected chi connectivity index (χ0v) is 23.0. The van der Waals surface area contributed by atoms with Crippen LogP contribution in [-0.4, -0.2) is 25.1 Å². The molecule has 0 bridgehead atoms. The van der Waals surface area contributed by atoms with Crippen LogP contribution in [-0.2, 0) is 32.4 Å². The number of ether oxygens (including phenoxy) is 1. The van der Waals surface area contributed by atoms with E-state index in [0.29, 0.717) is 36.3 Å². The summed E-state index contributed by atoms with van der Waals surface area (Å²) in [5.41, 5.74) is 2.27. The van der Waals surface area contributed by atoms with Crippen LogP contribution < -0.4 is 5.14 Å². The van der Waals surface area contributed by atoms with Crippen LogP contribution in [0.5, 0.6) is 0 Å². The van der Waals surface area contributed by atoms with E-state index in [-0.39, 0.29) is 28.2 Å². The van der Waals surface area contributed by atoms with E-state index in [0.717, 1.165) is 36.8 Å². The molecule has 1 atom stereocenters. The van der Waals surface area contributed by atoms with Gasteiger partial charge >= 0.3 is 5.97 Å². The number of hydrogen-bond donors (Lipinski definition) is 2. The fraction of sp³-hybridized carbons (Fsp3) is 0.344. The second kappa shape index (κ2) is 11.0. The minimum atomic E-state index is -4.28. The molecule has 5 rings (SSSR count). The van der Waals surface area contributed by atoms with Crippen LogP contribution in [0.4, 0.5) is 0 Å². The van der Waals surface area contributed by atoms with Gasteiger partial charge in [0.05, 0.1) is 4.90 Å². The smallest absolute Gasteiger partial charge is 0.342 e. The molecule has 3 aromatic rings. The highest BCUT2D eigenvalue weighted by Gasteiger charge is 2.43. The maximum Gasteiger partial charge on any atom is 0.342 e. The Labute approximate surface area is 230 Å². The van der Waals surface area contributed by atoms with Gasteiger partial charge in [-0.3, -0.25) is 0 Å². The molecule has 204 valence electrons. The Morgan fingerprint density at radius 1 is 0.974 bits per heavy atom. The van der Waals surface area contributed by atoms with Gasteiger partial charge in [-0.25, -0.2) is 18.4 Å². The van der Waals surface area contributed by atoms with E-state index in [1.54, 1.807) is 6.07 Å². The molecule has 6 nitrogen and oxygen atoms in total. The van der Waals surface area contributed by atoms with Crippen LogP contribution in [0.2, 0.25) is 0 Å². The van der Waals surface area contributed by atoms with Gasteiger partial charge in [-0.2, -0.15) is 0 Å². The quantitative estimate of drug-likeness (QED) is 0.289. The molecule has 1 saturated carbocycles. The highest BCUT2D eigenvalue weighted by Crippen LogP contribution is 2.44. The van der Waals surface area contributed by atoms with Crippen molar-refractivity contribution in [1.29, 1.82) is 0 Å². The van der Waals surface area contributed by atoms with Crippen molar-refractivity contribution in [1.82, 2.24) is 0 Å². The third-order valence-corrected chi connectivity index (χ3v) is 8.77. The molecular formula is C32H35NO5S. The predicted molar refractivity (Wildman–Crippen MR) is 152 cm³/mol. The van der Waals surface area contributed by atoms with Gasteiger partial charge in [0.15, 0.2) is 0 Å². The van der Waals surface area contributed by atoms with Crippen LogP contribution in [0.15, 0.2) is 83.5 Å². The van der Waals surface area contributed by atoms with Gasteiger partial charge in [0.25, 0.3) is 0 Å². The summed E-state index contributed by atoms with van der Waals surface area (Å²) >= 11 is 0. The highest BCUT2D eigenvalue weighted by molar-refractivity contribution is 7.89. The summed E-state index contributed by atoms with van der Waals surface area (Å²) in [4.78, 5) is 13.5. The van der Waals surface area contributed by atoms with E-state index < -0.39 is 21.6 Å². The molecule has 1 heterocycles. The Morgan fingerprint density at radius 3 is 2.23 bits per heavy atom. The maximum atomic E-state index is 13.6. The highest BCUT2D eigenvalue weighted by atomic mass is 32.2. The Kier molecular flexibility index (Phi) is 7.65. The predicted octanol–water partition coefficient (Wildman–Crippen LogP) is 6.34. The summed E-state index contributed by atoms with van der Waals surface area (Å²) in [5.74, 6) is -0.385. The molecule has 39 heavy (non-hydrogen) atoms. The number of carbonyl (C=O) groups excluding carboxylic acids is 1. The van der Waals surface area contributed by atoms with Crippen LogP contribution in [0.3, 0.4) is 0 Å². The molecule has 1 aliphatic carbocycles. The van der Waals surface area contributed by atoms with Crippen molar-refractivity contribution in [2.24, 2.45) is 11.1 Å². The summed E-state index contributed by atoms with van der Waals surface area (Å²) in [6.45, 7) is 2.01. The largest absolute Gasteiger partial charge is 0.511 e. The standard InChI is InChI=1S/C32H35NO5S/c1-2-18-32(19-17-22-9-5-3-6-10-22)21-27(34)29(31(35)38-32)26-16-15-25(20-23-13-14-23)28(30(26)39(33,36)37)24-11-7-4-8-12-24/h3-12,15-16,23,34H,2,13-14,17-21H2,1H3,(H2,33,36,37). The number of benzene rings is 3. The van der Waals surface area contributed by atoms with Crippen LogP contribution in [0.25, 0.3) is 16.7 Å². The van der Waals surface area contributed by atoms with Gasteiger partial charge in [-0.15, -0.1) is 0 Å². The first kappa shape index (κ1) is 27.2. The lowest BCUT2D eigenvalue weighted by molar-refractivity contribution is -0.157. The third-order valence-electron chi connectivity index (χ3n) is 7.78. The normalized spacial score (nSPS) is 19.7. The number of carbonyl (C=O) groups is 1. The first-order chi connectivity index (χ1) is 18.7. The number of primary sulfonamides is 1. The van der Waals surface area contributed by atoms with Gasteiger partial charge in [-0.1, -0.05) is 86.1 Å². The Balaban J connectivity index is 1.61. The number of esters is 1. The Bertz CT molecular complexity index is 1490. The van der Waals surface area contributed by atoms with Gasteiger partial charge in [0.2, 0.25) is 10.0 Å². The van der Waals surface area contributed by atoms with Crippen molar-refractivity contribution in [3.63, 3.8) is 0 Å². The lowest BCUT2D eigenvalue weighted by atomic mass is 9.82. The average molecular weight is 546 g/mol. The molecule has 3 N–H and O–H groups in total. The zero-order chi connectivity index (χ0) is 27.6. The Morgan fingerprint density at radius 2 is 1.64 bits per heavy atom. The fourth-order valence-corrected chi connectivity index (χ4v) is 6.79. The summed E-state index contributed by atoms with van der Waals surface area (Å²) in [7, 11) is -4.28. The molecule has 3 aromatic carbocycles. The second-order valence-electron chi connectivity index (χ2n) is 10.8. The van der Waals surface area contributed by atoms with E-state index in [9.17, 15) is 18.3 Å². The van der Waals surface area contributed by atoms with Gasteiger partial charge in [0, 0.05) is 17.5 Å². The van der Waals surface area contributed by atoms with E-state index >= 15 is 0 Å². The molecule has 0 spiro atoms. The van der Waals surface area contributed by atoms with E-state index in [2.05, 4.69) is 0 Å². The lowest BCUT2D eigenvalue weighted by Gasteiger charge is -2.37. The van der Waals surface area contributed by atoms with Crippen LogP contribution >= 0.6 is 0 Å². The topological polar surface area (TPSA) is 107 Å². The number of cyclic esters (lactones) is 1. The van der Waals surface area contributed by atoms with Crippen molar-refractivity contribution < 1.29 is 23.1 Å².